The number of hydrogen-bond donors (Lipinski definition) is 1. The van der Waals surface area contributed by atoms with Gasteiger partial charge < -0.3 is 14.2 Å². The number of ether oxygens (including phenoxy) is 1. The van der Waals surface area contributed by atoms with Gasteiger partial charge in [-0.3, -0.25) is 0 Å². The number of nitrogens with one attached hydrogen (secondary N) is 1. The second-order valence-electron chi connectivity index (χ2n) is 7.36. The number of likely N-dealkylation sites (N-methyl/N-ethyl adjacent to an activating group) is 1. The quantitative estimate of drug-likeness (QED) is 0.581. The van der Waals surface area contributed by atoms with Crippen molar-refractivity contribution >= 4 is 20.9 Å². The third kappa shape index (κ3) is 4.80. The van der Waals surface area contributed by atoms with E-state index in [1.165, 1.54) is 0 Å². The number of sulfonamides is 1. The van der Waals surface area contributed by atoms with E-state index >= 15 is 0 Å². The fourth-order valence-corrected chi connectivity index (χ4v) is 4.45. The molecule has 1 N–H and O–H groups in total. The lowest BCUT2D eigenvalue weighted by Crippen LogP contribution is -2.34. The predicted octanol–water partition coefficient (Wildman–Crippen LogP) is 3.55. The zero-order valence-electron chi connectivity index (χ0n) is 17.4. The molecule has 0 fully saturated rings. The lowest BCUT2D eigenvalue weighted by molar-refractivity contribution is 0.301. The van der Waals surface area contributed by atoms with Gasteiger partial charge in [-0.1, -0.05) is 25.1 Å². The Labute approximate surface area is 173 Å². The molecule has 1 heterocycles. The van der Waals surface area contributed by atoms with Crippen molar-refractivity contribution in [2.45, 2.75) is 24.3 Å². The van der Waals surface area contributed by atoms with E-state index < -0.39 is 10.0 Å². The van der Waals surface area contributed by atoms with E-state index in [2.05, 4.69) is 27.6 Å². The first-order valence-corrected chi connectivity index (χ1v) is 11.2. The molecule has 0 radical (unpaired) electrons. The minimum atomic E-state index is -3.62. The predicted molar refractivity (Wildman–Crippen MR) is 117 cm³/mol. The molecule has 0 bridgehead atoms. The molecule has 29 heavy (non-hydrogen) atoms. The molecule has 3 aromatic rings. The average Bonchev–Trinajstić information content (AvgIpc) is 3.03. The van der Waals surface area contributed by atoms with Crippen LogP contribution in [0, 0.1) is 0 Å². The highest BCUT2D eigenvalue weighted by molar-refractivity contribution is 7.89. The van der Waals surface area contributed by atoms with Crippen molar-refractivity contribution in [2.75, 3.05) is 27.2 Å². The van der Waals surface area contributed by atoms with Crippen molar-refractivity contribution in [1.29, 1.82) is 0 Å². The molecule has 0 spiro atoms. The Kier molecular flexibility index (Phi) is 6.62. The van der Waals surface area contributed by atoms with Crippen LogP contribution in [-0.4, -0.2) is 45.1 Å². The van der Waals surface area contributed by atoms with Crippen LogP contribution in [-0.2, 0) is 17.1 Å². The van der Waals surface area contributed by atoms with Crippen molar-refractivity contribution in [3.05, 3.63) is 60.3 Å². The molecule has 2 aromatic carbocycles. The minimum absolute atomic E-state index is 0.0944. The summed E-state index contributed by atoms with van der Waals surface area (Å²) in [6.07, 6.45) is 2.98. The Balaban J connectivity index is 1.79. The molecular weight excluding hydrogens is 386 g/mol. The summed E-state index contributed by atoms with van der Waals surface area (Å²) < 4.78 is 36.0. The maximum absolute atomic E-state index is 12.8. The Morgan fingerprint density at radius 2 is 1.79 bits per heavy atom. The van der Waals surface area contributed by atoms with Gasteiger partial charge in [-0.25, -0.2) is 13.1 Å². The Bertz CT molecular complexity index is 1060. The third-order valence-corrected chi connectivity index (χ3v) is 6.42. The highest BCUT2D eigenvalue weighted by Crippen LogP contribution is 2.28. The second-order valence-corrected chi connectivity index (χ2v) is 9.13. The smallest absolute Gasteiger partial charge is 0.240 e. The molecule has 1 unspecified atom stereocenters. The van der Waals surface area contributed by atoms with Crippen LogP contribution in [0.2, 0.25) is 0 Å². The number of hydrogen-bond acceptors (Lipinski definition) is 4. The van der Waals surface area contributed by atoms with E-state index in [0.717, 1.165) is 22.9 Å². The van der Waals surface area contributed by atoms with E-state index in [4.69, 9.17) is 4.74 Å². The average molecular weight is 416 g/mol. The molecule has 6 nitrogen and oxygen atoms in total. The molecule has 7 heteroatoms. The first kappa shape index (κ1) is 21.4. The van der Waals surface area contributed by atoms with Gasteiger partial charge in [0.15, 0.2) is 0 Å². The summed E-state index contributed by atoms with van der Waals surface area (Å²) in [6.45, 7) is 2.91. The highest BCUT2D eigenvalue weighted by Gasteiger charge is 2.22. The van der Waals surface area contributed by atoms with Gasteiger partial charge in [0, 0.05) is 36.7 Å². The molecular formula is C22H29N3O3S. The van der Waals surface area contributed by atoms with Gasteiger partial charge in [0.1, 0.15) is 5.75 Å². The van der Waals surface area contributed by atoms with Crippen LogP contribution in [0.15, 0.2) is 59.6 Å². The third-order valence-electron chi connectivity index (χ3n) is 4.98. The van der Waals surface area contributed by atoms with E-state index in [9.17, 15) is 8.42 Å². The molecule has 0 aliphatic rings. The SMILES string of the molecule is CCCOc1ccc(S(=O)(=O)NCC(c2cn(C)c3ccccc23)N(C)C)cc1. The van der Waals surface area contributed by atoms with Crippen molar-refractivity contribution in [1.82, 2.24) is 14.2 Å². The van der Waals surface area contributed by atoms with E-state index in [1.807, 2.05) is 45.1 Å². The molecule has 0 aliphatic heterocycles. The zero-order valence-corrected chi connectivity index (χ0v) is 18.2. The summed E-state index contributed by atoms with van der Waals surface area (Å²) in [5.41, 5.74) is 2.22. The monoisotopic (exact) mass is 415 g/mol. The number of rotatable bonds is 9. The fraction of sp³-hybridized carbons (Fsp3) is 0.364. The van der Waals surface area contributed by atoms with E-state index in [0.29, 0.717) is 12.4 Å². The van der Waals surface area contributed by atoms with E-state index in [-0.39, 0.29) is 17.5 Å². The number of fused-ring (bicyclic) bond motifs is 1. The van der Waals surface area contributed by atoms with Crippen LogP contribution in [0.3, 0.4) is 0 Å². The molecule has 0 saturated heterocycles. The maximum Gasteiger partial charge on any atom is 0.240 e. The van der Waals surface area contributed by atoms with Gasteiger partial charge in [-0.15, -0.1) is 0 Å². The maximum atomic E-state index is 12.8. The summed E-state index contributed by atoms with van der Waals surface area (Å²) in [4.78, 5) is 2.27. The van der Waals surface area contributed by atoms with Gasteiger partial charge in [-0.05, 0) is 56.4 Å². The van der Waals surface area contributed by atoms with Gasteiger partial charge in [0.25, 0.3) is 0 Å². The first-order chi connectivity index (χ1) is 13.8. The molecule has 0 saturated carbocycles. The van der Waals surface area contributed by atoms with Gasteiger partial charge in [0.2, 0.25) is 10.0 Å². The Morgan fingerprint density at radius 1 is 1.10 bits per heavy atom. The number of para-hydroxylation sites is 1. The fourth-order valence-electron chi connectivity index (χ4n) is 3.42. The molecule has 1 aromatic heterocycles. The molecule has 1 atom stereocenters. The van der Waals surface area contributed by atoms with Crippen LogP contribution in [0.5, 0.6) is 5.75 Å². The standard InChI is InChI=1S/C22H29N3O3S/c1-5-14-28-17-10-12-18(13-11-17)29(26,27)23-15-22(24(2)3)20-16-25(4)21-9-7-6-8-19(20)21/h6-13,16,22-23H,5,14-15H2,1-4H3. The summed E-state index contributed by atoms with van der Waals surface area (Å²) in [5, 5.41) is 1.13. The van der Waals surface area contributed by atoms with Gasteiger partial charge in [0.05, 0.1) is 11.5 Å². The Hall–Kier alpha value is -2.35. The number of nitrogens with zero attached hydrogens (tertiary/aromatic N) is 2. The number of aryl methyl sites for hydroxylation is 1. The largest absolute Gasteiger partial charge is 0.494 e. The van der Waals surface area contributed by atoms with Gasteiger partial charge >= 0.3 is 0 Å². The van der Waals surface area contributed by atoms with Crippen molar-refractivity contribution in [3.8, 4) is 5.75 Å². The first-order valence-electron chi connectivity index (χ1n) is 9.76. The highest BCUT2D eigenvalue weighted by atomic mass is 32.2. The zero-order chi connectivity index (χ0) is 21.0. The molecule has 156 valence electrons. The van der Waals surface area contributed by atoms with Crippen LogP contribution >= 0.6 is 0 Å². The minimum Gasteiger partial charge on any atom is -0.494 e. The summed E-state index contributed by atoms with van der Waals surface area (Å²) in [5.74, 6) is 0.674. The lowest BCUT2D eigenvalue weighted by atomic mass is 10.1. The summed E-state index contributed by atoms with van der Waals surface area (Å²) >= 11 is 0. The van der Waals surface area contributed by atoms with Gasteiger partial charge in [-0.2, -0.15) is 0 Å². The normalized spacial score (nSPS) is 13.1. The van der Waals surface area contributed by atoms with E-state index in [1.54, 1.807) is 24.3 Å². The molecule has 3 rings (SSSR count). The van der Waals surface area contributed by atoms with Crippen LogP contribution in [0.1, 0.15) is 24.9 Å². The van der Waals surface area contributed by atoms with Crippen LogP contribution in [0.4, 0.5) is 0 Å². The molecule has 0 aliphatic carbocycles. The van der Waals surface area contributed by atoms with Crippen molar-refractivity contribution in [3.63, 3.8) is 0 Å². The van der Waals surface area contributed by atoms with Crippen molar-refractivity contribution in [2.24, 2.45) is 7.05 Å². The van der Waals surface area contributed by atoms with Crippen molar-refractivity contribution < 1.29 is 13.2 Å². The topological polar surface area (TPSA) is 63.6 Å². The molecule has 0 amide bonds. The van der Waals surface area contributed by atoms with Crippen LogP contribution < -0.4 is 9.46 Å². The Morgan fingerprint density at radius 3 is 2.45 bits per heavy atom. The number of benzene rings is 2. The second kappa shape index (κ2) is 8.98. The lowest BCUT2D eigenvalue weighted by Gasteiger charge is -2.24. The summed E-state index contributed by atoms with van der Waals surface area (Å²) in [6, 6.07) is 14.6. The van der Waals surface area contributed by atoms with Crippen LogP contribution in [0.25, 0.3) is 10.9 Å². The number of aromatic nitrogens is 1. The summed E-state index contributed by atoms with van der Waals surface area (Å²) in [7, 11) is 2.30.